The van der Waals surface area contributed by atoms with Gasteiger partial charge in [-0.1, -0.05) is 42.5 Å². The number of carbonyl (C=O) groups is 1. The Labute approximate surface area is 139 Å². The standard InChI is InChI=1S/C18H19F2NO3/c1-12-6-2-4-8-14(12)15(22)11-21-17(23)10-13-7-3-5-9-16(13)24-18(19)20/h2-9,15,18,22H,10-11H2,1H3,(H,21,23). The van der Waals surface area contributed by atoms with Gasteiger partial charge >= 0.3 is 6.61 Å². The van der Waals surface area contributed by atoms with Crippen LogP contribution in [0.15, 0.2) is 48.5 Å². The van der Waals surface area contributed by atoms with Crippen molar-refractivity contribution in [2.45, 2.75) is 26.1 Å². The molecule has 1 unspecified atom stereocenters. The lowest BCUT2D eigenvalue weighted by Crippen LogP contribution is -2.30. The molecule has 0 spiro atoms. The van der Waals surface area contributed by atoms with Crippen LogP contribution in [0.5, 0.6) is 5.75 Å². The third-order valence-electron chi connectivity index (χ3n) is 3.58. The summed E-state index contributed by atoms with van der Waals surface area (Å²) in [5.74, 6) is -0.407. The molecular formula is C18H19F2NO3. The number of ether oxygens (including phenoxy) is 1. The number of alkyl halides is 2. The molecule has 1 atom stereocenters. The van der Waals surface area contributed by atoms with Gasteiger partial charge in [0, 0.05) is 12.1 Å². The van der Waals surface area contributed by atoms with Crippen LogP contribution in [0, 0.1) is 6.92 Å². The molecule has 1 amide bonds. The highest BCUT2D eigenvalue weighted by molar-refractivity contribution is 5.79. The van der Waals surface area contributed by atoms with E-state index < -0.39 is 12.7 Å². The molecule has 4 nitrogen and oxygen atoms in total. The van der Waals surface area contributed by atoms with Crippen molar-refractivity contribution >= 4 is 5.91 Å². The Hall–Kier alpha value is -2.47. The van der Waals surface area contributed by atoms with Crippen molar-refractivity contribution < 1.29 is 23.4 Å². The van der Waals surface area contributed by atoms with E-state index in [4.69, 9.17) is 0 Å². The molecule has 24 heavy (non-hydrogen) atoms. The lowest BCUT2D eigenvalue weighted by atomic mass is 10.0. The van der Waals surface area contributed by atoms with Crippen molar-refractivity contribution in [2.75, 3.05) is 6.54 Å². The number of para-hydroxylation sites is 1. The highest BCUT2D eigenvalue weighted by Gasteiger charge is 2.14. The topological polar surface area (TPSA) is 58.6 Å². The number of aryl methyl sites for hydroxylation is 1. The monoisotopic (exact) mass is 335 g/mol. The first-order valence-electron chi connectivity index (χ1n) is 7.50. The quantitative estimate of drug-likeness (QED) is 0.818. The Kier molecular flexibility index (Phi) is 6.26. The fraction of sp³-hybridized carbons (Fsp3) is 0.278. The molecule has 0 saturated heterocycles. The zero-order valence-corrected chi connectivity index (χ0v) is 13.2. The van der Waals surface area contributed by atoms with Gasteiger partial charge in [0.15, 0.2) is 0 Å². The SMILES string of the molecule is Cc1ccccc1C(O)CNC(=O)Cc1ccccc1OC(F)F. The summed E-state index contributed by atoms with van der Waals surface area (Å²) in [4.78, 5) is 12.0. The van der Waals surface area contributed by atoms with Gasteiger partial charge in [-0.25, -0.2) is 0 Å². The van der Waals surface area contributed by atoms with Gasteiger partial charge < -0.3 is 15.2 Å². The molecule has 6 heteroatoms. The van der Waals surface area contributed by atoms with E-state index in [0.717, 1.165) is 11.1 Å². The van der Waals surface area contributed by atoms with Crippen molar-refractivity contribution in [2.24, 2.45) is 0 Å². The number of benzene rings is 2. The summed E-state index contributed by atoms with van der Waals surface area (Å²) in [5, 5.41) is 12.8. The Morgan fingerprint density at radius 1 is 1.17 bits per heavy atom. The van der Waals surface area contributed by atoms with E-state index in [1.807, 2.05) is 25.1 Å². The van der Waals surface area contributed by atoms with Crippen LogP contribution in [-0.4, -0.2) is 24.2 Å². The Bertz CT molecular complexity index is 691. The second-order valence-electron chi connectivity index (χ2n) is 5.34. The predicted molar refractivity (Wildman–Crippen MR) is 85.9 cm³/mol. The number of hydrogen-bond acceptors (Lipinski definition) is 3. The van der Waals surface area contributed by atoms with Gasteiger partial charge in [-0.2, -0.15) is 8.78 Å². The van der Waals surface area contributed by atoms with Gasteiger partial charge in [-0.05, 0) is 24.1 Å². The van der Waals surface area contributed by atoms with Gasteiger partial charge in [-0.15, -0.1) is 0 Å². The van der Waals surface area contributed by atoms with Crippen LogP contribution in [-0.2, 0) is 11.2 Å². The summed E-state index contributed by atoms with van der Waals surface area (Å²) in [6, 6.07) is 13.5. The number of amides is 1. The molecule has 0 bridgehead atoms. The number of rotatable bonds is 7. The molecule has 2 aromatic carbocycles. The molecule has 2 N–H and O–H groups in total. The van der Waals surface area contributed by atoms with Crippen molar-refractivity contribution in [3.05, 3.63) is 65.2 Å². The van der Waals surface area contributed by atoms with E-state index in [1.165, 1.54) is 6.07 Å². The summed E-state index contributed by atoms with van der Waals surface area (Å²) in [6.07, 6.45) is -0.939. The molecule has 2 rings (SSSR count). The van der Waals surface area contributed by atoms with Crippen LogP contribution >= 0.6 is 0 Å². The highest BCUT2D eigenvalue weighted by Crippen LogP contribution is 2.21. The summed E-state index contributed by atoms with van der Waals surface area (Å²) in [7, 11) is 0. The smallest absolute Gasteiger partial charge is 0.387 e. The Balaban J connectivity index is 1.93. The van der Waals surface area contributed by atoms with Crippen LogP contribution in [0.4, 0.5) is 8.78 Å². The van der Waals surface area contributed by atoms with Gasteiger partial charge in [0.2, 0.25) is 5.91 Å². The number of nitrogens with one attached hydrogen (secondary N) is 1. The summed E-state index contributed by atoms with van der Waals surface area (Å²) in [5.41, 5.74) is 2.02. The number of halogens is 2. The Morgan fingerprint density at radius 2 is 1.83 bits per heavy atom. The van der Waals surface area contributed by atoms with Gasteiger partial charge in [0.25, 0.3) is 0 Å². The Morgan fingerprint density at radius 3 is 2.54 bits per heavy atom. The summed E-state index contributed by atoms with van der Waals surface area (Å²) < 4.78 is 29.1. The predicted octanol–water partition coefficient (Wildman–Crippen LogP) is 2.99. The molecule has 0 aliphatic rings. The van der Waals surface area contributed by atoms with Crippen LogP contribution in [0.1, 0.15) is 22.8 Å². The van der Waals surface area contributed by atoms with E-state index in [2.05, 4.69) is 10.1 Å². The maximum Gasteiger partial charge on any atom is 0.387 e. The summed E-state index contributed by atoms with van der Waals surface area (Å²) >= 11 is 0. The van der Waals surface area contributed by atoms with Crippen molar-refractivity contribution in [3.63, 3.8) is 0 Å². The third kappa shape index (κ3) is 5.03. The van der Waals surface area contributed by atoms with Gasteiger partial charge in [0.1, 0.15) is 5.75 Å². The number of hydrogen-bond donors (Lipinski definition) is 2. The number of carbonyl (C=O) groups excluding carboxylic acids is 1. The van der Waals surface area contributed by atoms with Crippen molar-refractivity contribution in [1.29, 1.82) is 0 Å². The van der Waals surface area contributed by atoms with Crippen LogP contribution in [0.3, 0.4) is 0 Å². The average Bonchev–Trinajstić information content (AvgIpc) is 2.54. The third-order valence-corrected chi connectivity index (χ3v) is 3.58. The van der Waals surface area contributed by atoms with E-state index in [1.54, 1.807) is 24.3 Å². The average molecular weight is 335 g/mol. The maximum absolute atomic E-state index is 12.4. The molecule has 0 fully saturated rings. The van der Waals surface area contributed by atoms with Crippen molar-refractivity contribution in [3.8, 4) is 5.75 Å². The number of aliphatic hydroxyl groups excluding tert-OH is 1. The molecule has 0 aromatic heterocycles. The van der Waals surface area contributed by atoms with E-state index in [9.17, 15) is 18.7 Å². The first-order valence-corrected chi connectivity index (χ1v) is 7.50. The molecule has 2 aromatic rings. The first kappa shape index (κ1) is 17.9. The fourth-order valence-corrected chi connectivity index (χ4v) is 2.38. The van der Waals surface area contributed by atoms with Gasteiger partial charge in [-0.3, -0.25) is 4.79 Å². The zero-order valence-electron chi connectivity index (χ0n) is 13.2. The van der Waals surface area contributed by atoms with Crippen LogP contribution in [0.2, 0.25) is 0 Å². The first-order chi connectivity index (χ1) is 11.5. The molecule has 128 valence electrons. The minimum Gasteiger partial charge on any atom is -0.435 e. The molecule has 0 aliphatic heterocycles. The largest absolute Gasteiger partial charge is 0.435 e. The minimum absolute atomic E-state index is 0.0258. The minimum atomic E-state index is -2.95. The number of aliphatic hydroxyl groups is 1. The van der Waals surface area contributed by atoms with Crippen LogP contribution < -0.4 is 10.1 Å². The zero-order chi connectivity index (χ0) is 17.5. The normalized spacial score (nSPS) is 12.0. The van der Waals surface area contributed by atoms with E-state index in [-0.39, 0.29) is 24.6 Å². The molecule has 0 radical (unpaired) electrons. The second-order valence-corrected chi connectivity index (χ2v) is 5.34. The van der Waals surface area contributed by atoms with Gasteiger partial charge in [0.05, 0.1) is 12.5 Å². The van der Waals surface area contributed by atoms with Crippen LogP contribution in [0.25, 0.3) is 0 Å². The molecule has 0 heterocycles. The molecule has 0 saturated carbocycles. The highest BCUT2D eigenvalue weighted by atomic mass is 19.3. The fourth-order valence-electron chi connectivity index (χ4n) is 2.38. The van der Waals surface area contributed by atoms with E-state index >= 15 is 0 Å². The molecule has 0 aliphatic carbocycles. The second kappa shape index (κ2) is 8.40. The molecular weight excluding hydrogens is 316 g/mol. The maximum atomic E-state index is 12.4. The lowest BCUT2D eigenvalue weighted by Gasteiger charge is -2.15. The lowest BCUT2D eigenvalue weighted by molar-refractivity contribution is -0.121. The van der Waals surface area contributed by atoms with E-state index in [0.29, 0.717) is 5.56 Å². The van der Waals surface area contributed by atoms with Crippen molar-refractivity contribution in [1.82, 2.24) is 5.32 Å². The summed E-state index contributed by atoms with van der Waals surface area (Å²) in [6.45, 7) is -1.03.